The lowest BCUT2D eigenvalue weighted by Crippen LogP contribution is -2.42. The molecule has 148 valence electrons. The lowest BCUT2D eigenvalue weighted by atomic mass is 9.74. The van der Waals surface area contributed by atoms with E-state index in [2.05, 4.69) is 29.1 Å². The van der Waals surface area contributed by atoms with Gasteiger partial charge in [0.2, 0.25) is 0 Å². The summed E-state index contributed by atoms with van der Waals surface area (Å²) in [7, 11) is 3.32. The monoisotopic (exact) mass is 396 g/mol. The molecule has 3 heterocycles. The summed E-state index contributed by atoms with van der Waals surface area (Å²) in [5.74, 6) is 3.02. The summed E-state index contributed by atoms with van der Waals surface area (Å²) in [6.07, 6.45) is 5.73. The summed E-state index contributed by atoms with van der Waals surface area (Å²) in [4.78, 5) is 18.6. The molecular weight excluding hydrogens is 376 g/mol. The van der Waals surface area contributed by atoms with Gasteiger partial charge in [-0.2, -0.15) is 0 Å². The molecule has 5 rings (SSSR count). The molecule has 0 fully saturated rings. The third kappa shape index (κ3) is 2.80. The van der Waals surface area contributed by atoms with Crippen molar-refractivity contribution in [1.29, 1.82) is 0 Å². The quantitative estimate of drug-likeness (QED) is 0.772. The van der Waals surface area contributed by atoms with Crippen LogP contribution in [0.3, 0.4) is 0 Å². The second-order valence-corrected chi connectivity index (χ2v) is 7.34. The van der Waals surface area contributed by atoms with Crippen LogP contribution in [0.4, 0.5) is 0 Å². The van der Waals surface area contributed by atoms with Crippen molar-refractivity contribution in [2.75, 3.05) is 14.2 Å². The van der Waals surface area contributed by atoms with E-state index >= 15 is 0 Å². The van der Waals surface area contributed by atoms with Crippen LogP contribution < -0.4 is 9.47 Å². The van der Waals surface area contributed by atoms with Gasteiger partial charge in [0, 0.05) is 11.1 Å². The number of benzene rings is 2. The first-order chi connectivity index (χ1) is 14.6. The van der Waals surface area contributed by atoms with E-state index in [1.165, 1.54) is 6.34 Å². The highest BCUT2D eigenvalue weighted by atomic mass is 16.5. The molecule has 0 aromatic heterocycles. The number of nitrogens with zero attached hydrogens (tertiary/aromatic N) is 4. The Morgan fingerprint density at radius 1 is 0.733 bits per heavy atom. The van der Waals surface area contributed by atoms with Gasteiger partial charge < -0.3 is 9.47 Å². The molecule has 2 aromatic carbocycles. The Kier molecular flexibility index (Phi) is 4.20. The molecule has 0 bridgehead atoms. The SMILES string of the molecule is COc1ccc(C2=CC3=CC(c4ccc(OC)cc4)=NC4=NC=NC(=N2)C34C)cc1. The highest BCUT2D eigenvalue weighted by molar-refractivity contribution is 6.28. The zero-order valence-electron chi connectivity index (χ0n) is 17.0. The van der Waals surface area contributed by atoms with Crippen LogP contribution in [0, 0.1) is 5.41 Å². The normalized spacial score (nSPS) is 21.5. The lowest BCUT2D eigenvalue weighted by Gasteiger charge is -2.37. The van der Waals surface area contributed by atoms with Crippen molar-refractivity contribution in [3.8, 4) is 11.5 Å². The highest BCUT2D eigenvalue weighted by Crippen LogP contribution is 2.43. The van der Waals surface area contributed by atoms with Gasteiger partial charge in [0.1, 0.15) is 34.9 Å². The minimum Gasteiger partial charge on any atom is -0.497 e. The molecule has 0 saturated carbocycles. The minimum absolute atomic E-state index is 0.555. The van der Waals surface area contributed by atoms with Gasteiger partial charge in [0.05, 0.1) is 25.6 Å². The van der Waals surface area contributed by atoms with Crippen LogP contribution in [-0.4, -0.2) is 37.9 Å². The van der Waals surface area contributed by atoms with Crippen molar-refractivity contribution < 1.29 is 9.47 Å². The first-order valence-corrected chi connectivity index (χ1v) is 9.63. The van der Waals surface area contributed by atoms with E-state index in [0.717, 1.165) is 39.6 Å². The minimum atomic E-state index is -0.555. The third-order valence-electron chi connectivity index (χ3n) is 5.64. The fourth-order valence-corrected chi connectivity index (χ4v) is 3.77. The molecule has 2 aromatic rings. The molecule has 6 nitrogen and oxygen atoms in total. The largest absolute Gasteiger partial charge is 0.497 e. The molecule has 0 amide bonds. The van der Waals surface area contributed by atoms with Gasteiger partial charge in [-0.15, -0.1) is 0 Å². The lowest BCUT2D eigenvalue weighted by molar-refractivity contribution is 0.414. The third-order valence-corrected chi connectivity index (χ3v) is 5.64. The summed E-state index contributed by atoms with van der Waals surface area (Å²) in [5, 5.41) is 0. The Labute approximate surface area is 174 Å². The van der Waals surface area contributed by atoms with Crippen molar-refractivity contribution in [1.82, 2.24) is 0 Å². The predicted octanol–water partition coefficient (Wildman–Crippen LogP) is 4.33. The average Bonchev–Trinajstić information content (AvgIpc) is 2.79. The smallest absolute Gasteiger partial charge is 0.148 e. The van der Waals surface area contributed by atoms with Crippen molar-refractivity contribution >= 4 is 29.4 Å². The Hall–Kier alpha value is -3.80. The summed E-state index contributed by atoms with van der Waals surface area (Å²) in [5.41, 5.74) is 4.21. The van der Waals surface area contributed by atoms with Crippen LogP contribution in [0.15, 0.2) is 86.2 Å². The predicted molar refractivity (Wildman–Crippen MR) is 120 cm³/mol. The summed E-state index contributed by atoms with van der Waals surface area (Å²) >= 11 is 0. The van der Waals surface area contributed by atoms with Crippen LogP contribution >= 0.6 is 0 Å². The van der Waals surface area contributed by atoms with Crippen LogP contribution in [0.1, 0.15) is 18.1 Å². The van der Waals surface area contributed by atoms with Crippen LogP contribution in [0.2, 0.25) is 0 Å². The van der Waals surface area contributed by atoms with Crippen LogP contribution in [-0.2, 0) is 0 Å². The number of rotatable bonds is 4. The second kappa shape index (κ2) is 6.91. The van der Waals surface area contributed by atoms with Crippen molar-refractivity contribution in [3.63, 3.8) is 0 Å². The zero-order chi connectivity index (χ0) is 20.7. The Morgan fingerprint density at radius 3 is 2.00 bits per heavy atom. The molecule has 3 aliphatic rings. The van der Waals surface area contributed by atoms with Gasteiger partial charge in [-0.05, 0) is 73.2 Å². The first kappa shape index (κ1) is 18.2. The number of hydrogen-bond acceptors (Lipinski definition) is 6. The maximum atomic E-state index is 5.27. The molecular formula is C24H20N4O2. The molecule has 6 heteroatoms. The van der Waals surface area contributed by atoms with E-state index < -0.39 is 5.41 Å². The van der Waals surface area contributed by atoms with E-state index in [0.29, 0.717) is 11.7 Å². The molecule has 30 heavy (non-hydrogen) atoms. The molecule has 0 N–H and O–H groups in total. The van der Waals surface area contributed by atoms with Crippen LogP contribution in [0.25, 0.3) is 5.70 Å². The van der Waals surface area contributed by atoms with E-state index in [1.54, 1.807) is 14.2 Å². The van der Waals surface area contributed by atoms with Crippen molar-refractivity contribution in [2.24, 2.45) is 25.4 Å². The Bertz CT molecular complexity index is 1150. The highest BCUT2D eigenvalue weighted by Gasteiger charge is 2.45. The molecule has 0 saturated heterocycles. The Balaban J connectivity index is 1.62. The summed E-state index contributed by atoms with van der Waals surface area (Å²) < 4.78 is 10.5. The number of hydrogen-bond donors (Lipinski definition) is 0. The Morgan fingerprint density at radius 2 is 1.37 bits per heavy atom. The van der Waals surface area contributed by atoms with E-state index in [1.807, 2.05) is 48.5 Å². The zero-order valence-corrected chi connectivity index (χ0v) is 17.0. The number of methoxy groups -OCH3 is 2. The van der Waals surface area contributed by atoms with Gasteiger partial charge in [-0.3, -0.25) is 0 Å². The number of ether oxygens (including phenoxy) is 2. The van der Waals surface area contributed by atoms with E-state index in [4.69, 9.17) is 19.5 Å². The van der Waals surface area contributed by atoms with Gasteiger partial charge >= 0.3 is 0 Å². The molecule has 1 atom stereocenters. The van der Waals surface area contributed by atoms with E-state index in [9.17, 15) is 0 Å². The number of aliphatic imine (C=N–C) groups is 4. The summed E-state index contributed by atoms with van der Waals surface area (Å²) in [6.45, 7) is 2.07. The average molecular weight is 396 g/mol. The second-order valence-electron chi connectivity index (χ2n) is 7.34. The molecule has 0 radical (unpaired) electrons. The maximum absolute atomic E-state index is 5.27. The fourth-order valence-electron chi connectivity index (χ4n) is 3.77. The van der Waals surface area contributed by atoms with Crippen LogP contribution in [0.5, 0.6) is 11.5 Å². The first-order valence-electron chi connectivity index (χ1n) is 9.63. The maximum Gasteiger partial charge on any atom is 0.148 e. The fraction of sp³-hybridized carbons (Fsp3) is 0.167. The van der Waals surface area contributed by atoms with Gasteiger partial charge in [-0.1, -0.05) is 0 Å². The van der Waals surface area contributed by atoms with Gasteiger partial charge in [0.15, 0.2) is 0 Å². The molecule has 0 aliphatic carbocycles. The molecule has 0 spiro atoms. The number of allylic oxidation sites excluding steroid dienone is 2. The summed E-state index contributed by atoms with van der Waals surface area (Å²) in [6, 6.07) is 15.7. The van der Waals surface area contributed by atoms with Gasteiger partial charge in [0.25, 0.3) is 0 Å². The van der Waals surface area contributed by atoms with Gasteiger partial charge in [-0.25, -0.2) is 20.0 Å². The number of amidine groups is 2. The van der Waals surface area contributed by atoms with Crippen molar-refractivity contribution in [3.05, 3.63) is 77.4 Å². The molecule has 3 aliphatic heterocycles. The van der Waals surface area contributed by atoms with E-state index in [-0.39, 0.29) is 0 Å². The standard InChI is InChI=1S/C24H20N4O2/c1-24-17-12-20(15-4-8-18(29-2)9-5-15)27-22(24)25-14-26-23(24)28-21(13-17)16-6-10-19(30-3)11-7-16/h4-14H,1-3H3. The van der Waals surface area contributed by atoms with Crippen molar-refractivity contribution in [2.45, 2.75) is 6.92 Å². The molecule has 1 unspecified atom stereocenters. The topological polar surface area (TPSA) is 67.9 Å². The number of dihydropyridines is 1.